The number of hydrogen-bond donors (Lipinski definition) is 2. The van der Waals surface area contributed by atoms with Crippen molar-refractivity contribution in [3.8, 4) is 16.9 Å². The van der Waals surface area contributed by atoms with Gasteiger partial charge in [-0.2, -0.15) is 5.10 Å². The van der Waals surface area contributed by atoms with E-state index in [9.17, 15) is 4.39 Å². The summed E-state index contributed by atoms with van der Waals surface area (Å²) in [7, 11) is 1.45. The average molecular weight is 242 g/mol. The van der Waals surface area contributed by atoms with Crippen LogP contribution in [0.3, 0.4) is 0 Å². The van der Waals surface area contributed by atoms with Crippen molar-refractivity contribution in [2.75, 3.05) is 12.8 Å². The summed E-state index contributed by atoms with van der Waals surface area (Å²) in [5.41, 5.74) is 6.90. The van der Waals surface area contributed by atoms with Gasteiger partial charge in [-0.15, -0.1) is 0 Å². The van der Waals surface area contributed by atoms with E-state index in [1.807, 2.05) is 0 Å². The zero-order valence-corrected chi connectivity index (χ0v) is 9.18. The highest BCUT2D eigenvalue weighted by Gasteiger charge is 2.14. The summed E-state index contributed by atoms with van der Waals surface area (Å²) >= 11 is 5.71. The fourth-order valence-electron chi connectivity index (χ4n) is 1.42. The maximum absolute atomic E-state index is 13.2. The molecule has 2 rings (SSSR count). The van der Waals surface area contributed by atoms with Crippen molar-refractivity contribution < 1.29 is 9.13 Å². The van der Waals surface area contributed by atoms with Crippen LogP contribution in [0.1, 0.15) is 0 Å². The first kappa shape index (κ1) is 10.8. The third kappa shape index (κ3) is 1.69. The molecule has 0 unspecified atom stereocenters. The Morgan fingerprint density at radius 3 is 2.75 bits per heavy atom. The van der Waals surface area contributed by atoms with Gasteiger partial charge in [0.1, 0.15) is 17.4 Å². The van der Waals surface area contributed by atoms with Crippen LogP contribution in [0, 0.1) is 5.82 Å². The Kier molecular flexibility index (Phi) is 2.70. The predicted octanol–water partition coefficient (Wildman–Crippen LogP) is 2.46. The molecule has 4 nitrogen and oxygen atoms in total. The van der Waals surface area contributed by atoms with E-state index in [4.69, 9.17) is 22.1 Å². The van der Waals surface area contributed by atoms with Crippen LogP contribution >= 0.6 is 11.6 Å². The third-order valence-corrected chi connectivity index (χ3v) is 2.49. The number of H-pyrrole nitrogens is 1. The summed E-state index contributed by atoms with van der Waals surface area (Å²) in [5.74, 6) is 0.195. The highest BCUT2D eigenvalue weighted by atomic mass is 35.5. The molecule has 0 spiro atoms. The number of halogens is 2. The summed E-state index contributed by atoms with van der Waals surface area (Å²) in [5, 5.41) is 6.38. The van der Waals surface area contributed by atoms with Crippen LogP contribution in [0.4, 0.5) is 10.2 Å². The highest BCUT2D eigenvalue weighted by molar-refractivity contribution is 6.31. The Hall–Kier alpha value is -1.75. The molecule has 1 aromatic heterocycles. The molecule has 0 bridgehead atoms. The molecule has 84 valence electrons. The summed E-state index contributed by atoms with van der Waals surface area (Å²) in [4.78, 5) is 0. The van der Waals surface area contributed by atoms with Crippen molar-refractivity contribution in [1.82, 2.24) is 10.2 Å². The Bertz CT molecular complexity index is 527. The van der Waals surface area contributed by atoms with Crippen LogP contribution in [0.5, 0.6) is 5.75 Å². The van der Waals surface area contributed by atoms with E-state index in [1.165, 1.54) is 25.4 Å². The zero-order chi connectivity index (χ0) is 11.7. The number of nitrogens with two attached hydrogens (primary N) is 1. The van der Waals surface area contributed by atoms with Gasteiger partial charge in [0.05, 0.1) is 18.3 Å². The van der Waals surface area contributed by atoms with Gasteiger partial charge in [0, 0.05) is 17.2 Å². The van der Waals surface area contributed by atoms with Gasteiger partial charge in [0.15, 0.2) is 0 Å². The number of rotatable bonds is 2. The second-order valence-corrected chi connectivity index (χ2v) is 3.57. The summed E-state index contributed by atoms with van der Waals surface area (Å²) in [6.45, 7) is 0. The second kappa shape index (κ2) is 4.02. The van der Waals surface area contributed by atoms with Crippen molar-refractivity contribution >= 4 is 17.4 Å². The van der Waals surface area contributed by atoms with E-state index in [-0.39, 0.29) is 5.02 Å². The van der Waals surface area contributed by atoms with E-state index >= 15 is 0 Å². The molecule has 0 radical (unpaired) electrons. The van der Waals surface area contributed by atoms with E-state index in [0.717, 1.165) is 0 Å². The standard InChI is InChI=1S/C10H9ClFN3O/c1-16-9-3-8(12)7(11)2-5(9)6-4-14-15-10(6)13/h2-4H,1H3,(H3,13,14,15). The molecule has 2 aromatic rings. The highest BCUT2D eigenvalue weighted by Crippen LogP contribution is 2.36. The topological polar surface area (TPSA) is 63.9 Å². The second-order valence-electron chi connectivity index (χ2n) is 3.16. The molecule has 1 heterocycles. The molecule has 0 saturated carbocycles. The third-order valence-electron chi connectivity index (χ3n) is 2.20. The maximum Gasteiger partial charge on any atom is 0.145 e. The Morgan fingerprint density at radius 2 is 2.19 bits per heavy atom. The molecule has 0 aliphatic rings. The van der Waals surface area contributed by atoms with Crippen molar-refractivity contribution in [2.45, 2.75) is 0 Å². The number of benzene rings is 1. The van der Waals surface area contributed by atoms with Gasteiger partial charge in [-0.25, -0.2) is 4.39 Å². The van der Waals surface area contributed by atoms with E-state index < -0.39 is 5.82 Å². The number of nitrogen functional groups attached to an aromatic ring is 1. The molecule has 1 aromatic carbocycles. The van der Waals surface area contributed by atoms with Crippen molar-refractivity contribution in [3.05, 3.63) is 29.2 Å². The first-order chi connectivity index (χ1) is 7.63. The molecule has 0 fully saturated rings. The number of aromatic amines is 1. The SMILES string of the molecule is COc1cc(F)c(Cl)cc1-c1cn[nH]c1N. The molecule has 0 amide bonds. The van der Waals surface area contributed by atoms with Crippen molar-refractivity contribution in [2.24, 2.45) is 0 Å². The lowest BCUT2D eigenvalue weighted by Crippen LogP contribution is -1.93. The fraction of sp³-hybridized carbons (Fsp3) is 0.100. The summed E-state index contributed by atoms with van der Waals surface area (Å²) < 4.78 is 18.3. The van der Waals surface area contributed by atoms with Crippen LogP contribution in [0.2, 0.25) is 5.02 Å². The van der Waals surface area contributed by atoms with E-state index in [0.29, 0.717) is 22.7 Å². The lowest BCUT2D eigenvalue weighted by atomic mass is 10.1. The molecule has 3 N–H and O–H groups in total. The molecule has 6 heteroatoms. The number of anilines is 1. The summed E-state index contributed by atoms with van der Waals surface area (Å²) in [6.07, 6.45) is 1.53. The number of ether oxygens (including phenoxy) is 1. The molecular formula is C10H9ClFN3O. The minimum absolute atomic E-state index is 0.0106. The number of nitrogens with zero attached hydrogens (tertiary/aromatic N) is 1. The number of aromatic nitrogens is 2. The molecule has 0 aliphatic heterocycles. The maximum atomic E-state index is 13.2. The van der Waals surface area contributed by atoms with Crippen LogP contribution in [-0.2, 0) is 0 Å². The summed E-state index contributed by atoms with van der Waals surface area (Å²) in [6, 6.07) is 2.67. The van der Waals surface area contributed by atoms with E-state index in [1.54, 1.807) is 0 Å². The van der Waals surface area contributed by atoms with Crippen molar-refractivity contribution in [1.29, 1.82) is 0 Å². The zero-order valence-electron chi connectivity index (χ0n) is 8.42. The molecule has 0 saturated heterocycles. The average Bonchev–Trinajstić information content (AvgIpc) is 2.68. The van der Waals surface area contributed by atoms with Crippen LogP contribution in [-0.4, -0.2) is 17.3 Å². The number of nitrogens with one attached hydrogen (secondary N) is 1. The quantitative estimate of drug-likeness (QED) is 0.849. The Labute approximate surface area is 96.2 Å². The van der Waals surface area contributed by atoms with Gasteiger partial charge in [0.25, 0.3) is 0 Å². The van der Waals surface area contributed by atoms with Crippen LogP contribution < -0.4 is 10.5 Å². The molecular weight excluding hydrogens is 233 g/mol. The smallest absolute Gasteiger partial charge is 0.145 e. The van der Waals surface area contributed by atoms with Gasteiger partial charge >= 0.3 is 0 Å². The van der Waals surface area contributed by atoms with Gasteiger partial charge in [-0.05, 0) is 6.07 Å². The van der Waals surface area contributed by atoms with Crippen LogP contribution in [0.15, 0.2) is 18.3 Å². The number of methoxy groups -OCH3 is 1. The molecule has 0 aliphatic carbocycles. The molecule has 16 heavy (non-hydrogen) atoms. The number of hydrogen-bond acceptors (Lipinski definition) is 3. The predicted molar refractivity (Wildman–Crippen MR) is 60.0 cm³/mol. The van der Waals surface area contributed by atoms with E-state index in [2.05, 4.69) is 10.2 Å². The lowest BCUT2D eigenvalue weighted by Gasteiger charge is -2.08. The van der Waals surface area contributed by atoms with Gasteiger partial charge in [-0.3, -0.25) is 5.10 Å². The van der Waals surface area contributed by atoms with Gasteiger partial charge in [-0.1, -0.05) is 11.6 Å². The lowest BCUT2D eigenvalue weighted by molar-refractivity contribution is 0.413. The normalized spacial score (nSPS) is 10.4. The van der Waals surface area contributed by atoms with Gasteiger partial charge in [0.2, 0.25) is 0 Å². The minimum atomic E-state index is -0.538. The minimum Gasteiger partial charge on any atom is -0.496 e. The Balaban J connectivity index is 2.64. The fourth-order valence-corrected chi connectivity index (χ4v) is 1.58. The monoisotopic (exact) mass is 241 g/mol. The van der Waals surface area contributed by atoms with Crippen LogP contribution in [0.25, 0.3) is 11.1 Å². The van der Waals surface area contributed by atoms with Gasteiger partial charge < -0.3 is 10.5 Å². The molecule has 0 atom stereocenters. The Morgan fingerprint density at radius 1 is 1.44 bits per heavy atom. The largest absolute Gasteiger partial charge is 0.496 e. The first-order valence-corrected chi connectivity index (χ1v) is 4.83. The van der Waals surface area contributed by atoms with Crippen molar-refractivity contribution in [3.63, 3.8) is 0 Å². The first-order valence-electron chi connectivity index (χ1n) is 4.45.